The fraction of sp³-hybridized carbons (Fsp3) is 0.0800. The van der Waals surface area contributed by atoms with Crippen LogP contribution < -0.4 is 15.0 Å². The number of ether oxygens (including phenoxy) is 1. The molecule has 0 unspecified atom stereocenters. The number of halogens is 2. The van der Waals surface area contributed by atoms with E-state index in [2.05, 4.69) is 5.32 Å². The maximum absolute atomic E-state index is 13.0. The molecular weight excluding hydrogens is 447 g/mol. The molecule has 0 aromatic heterocycles. The Balaban J connectivity index is 1.54. The van der Waals surface area contributed by atoms with E-state index >= 15 is 0 Å². The van der Waals surface area contributed by atoms with Crippen molar-refractivity contribution in [2.45, 2.75) is 13.5 Å². The second-order valence-electron chi connectivity index (χ2n) is 7.33. The number of rotatable bonds is 5. The molecule has 1 fully saturated rings. The molecule has 1 aliphatic rings. The molecule has 0 aliphatic carbocycles. The lowest BCUT2D eigenvalue weighted by Gasteiger charge is -2.27. The van der Waals surface area contributed by atoms with Crippen LogP contribution in [0.15, 0.2) is 72.3 Å². The van der Waals surface area contributed by atoms with Gasteiger partial charge in [-0.1, -0.05) is 41.9 Å². The molecule has 0 bridgehead atoms. The second-order valence-corrected chi connectivity index (χ2v) is 7.73. The number of hydrogen-bond donors (Lipinski definition) is 1. The van der Waals surface area contributed by atoms with Crippen LogP contribution in [0.2, 0.25) is 5.02 Å². The quantitative estimate of drug-likeness (QED) is 0.424. The van der Waals surface area contributed by atoms with Gasteiger partial charge in [-0.25, -0.2) is 14.1 Å². The smallest absolute Gasteiger partial charge is 0.335 e. The largest absolute Gasteiger partial charge is 0.489 e. The number of barbiturate groups is 1. The number of carbonyl (C=O) groups is 3. The van der Waals surface area contributed by atoms with Crippen LogP contribution >= 0.6 is 11.6 Å². The second kappa shape index (κ2) is 9.26. The van der Waals surface area contributed by atoms with Gasteiger partial charge in [0.05, 0.1) is 5.69 Å². The zero-order chi connectivity index (χ0) is 23.5. The topological polar surface area (TPSA) is 75.7 Å². The molecule has 0 saturated carbocycles. The standard InChI is InChI=1S/C25H18ClFN2O4/c1-15-21(26)3-2-4-22(15)29-24(31)20(23(30)28-25(29)32)13-16-7-11-19(12-8-16)33-14-17-5-9-18(27)10-6-17/h2-13H,14H2,1H3,(H,28,30,32)/b20-13+. The van der Waals surface area contributed by atoms with Crippen molar-refractivity contribution in [1.29, 1.82) is 0 Å². The van der Waals surface area contributed by atoms with E-state index in [0.29, 0.717) is 27.6 Å². The molecule has 3 aromatic rings. The fourth-order valence-corrected chi connectivity index (χ4v) is 3.46. The van der Waals surface area contributed by atoms with Crippen LogP contribution in [-0.4, -0.2) is 17.8 Å². The van der Waals surface area contributed by atoms with Gasteiger partial charge in [0, 0.05) is 5.02 Å². The van der Waals surface area contributed by atoms with E-state index in [1.165, 1.54) is 18.2 Å². The summed E-state index contributed by atoms with van der Waals surface area (Å²) < 4.78 is 18.7. The lowest BCUT2D eigenvalue weighted by atomic mass is 10.1. The Morgan fingerprint density at radius 1 is 1.00 bits per heavy atom. The van der Waals surface area contributed by atoms with Crippen molar-refractivity contribution < 1.29 is 23.5 Å². The molecular formula is C25H18ClFN2O4. The highest BCUT2D eigenvalue weighted by atomic mass is 35.5. The molecule has 1 N–H and O–H groups in total. The Morgan fingerprint density at radius 2 is 1.70 bits per heavy atom. The van der Waals surface area contributed by atoms with Gasteiger partial charge in [-0.3, -0.25) is 14.9 Å². The van der Waals surface area contributed by atoms with Crippen molar-refractivity contribution in [3.8, 4) is 5.75 Å². The molecule has 4 amide bonds. The molecule has 1 aliphatic heterocycles. The van der Waals surface area contributed by atoms with Crippen molar-refractivity contribution in [3.63, 3.8) is 0 Å². The van der Waals surface area contributed by atoms with Gasteiger partial charge in [-0.2, -0.15) is 0 Å². The average Bonchev–Trinajstić information content (AvgIpc) is 2.80. The summed E-state index contributed by atoms with van der Waals surface area (Å²) in [6.07, 6.45) is 1.40. The number of nitrogens with one attached hydrogen (secondary N) is 1. The van der Waals surface area contributed by atoms with Gasteiger partial charge in [0.2, 0.25) is 0 Å². The molecule has 33 heavy (non-hydrogen) atoms. The molecule has 8 heteroatoms. The molecule has 1 heterocycles. The van der Waals surface area contributed by atoms with Crippen molar-refractivity contribution in [3.05, 3.63) is 99.8 Å². The highest BCUT2D eigenvalue weighted by Gasteiger charge is 2.37. The highest BCUT2D eigenvalue weighted by Crippen LogP contribution is 2.29. The van der Waals surface area contributed by atoms with Crippen LogP contribution in [0, 0.1) is 12.7 Å². The summed E-state index contributed by atoms with van der Waals surface area (Å²) in [4.78, 5) is 38.7. The number of anilines is 1. The first-order chi connectivity index (χ1) is 15.8. The minimum atomic E-state index is -0.836. The summed E-state index contributed by atoms with van der Waals surface area (Å²) >= 11 is 6.13. The van der Waals surface area contributed by atoms with Crippen molar-refractivity contribution in [2.24, 2.45) is 0 Å². The van der Waals surface area contributed by atoms with E-state index in [1.54, 1.807) is 61.5 Å². The average molecular weight is 465 g/mol. The summed E-state index contributed by atoms with van der Waals surface area (Å²) in [5.74, 6) is -1.28. The van der Waals surface area contributed by atoms with Gasteiger partial charge in [0.25, 0.3) is 11.8 Å². The number of hydrogen-bond acceptors (Lipinski definition) is 4. The normalized spacial score (nSPS) is 15.1. The number of carbonyl (C=O) groups excluding carboxylic acids is 3. The fourth-order valence-electron chi connectivity index (χ4n) is 3.29. The van der Waals surface area contributed by atoms with Gasteiger partial charge < -0.3 is 4.74 Å². The first kappa shape index (κ1) is 22.2. The van der Waals surface area contributed by atoms with E-state index < -0.39 is 17.8 Å². The van der Waals surface area contributed by atoms with Crippen LogP contribution in [0.5, 0.6) is 5.75 Å². The van der Waals surface area contributed by atoms with Crippen molar-refractivity contribution in [2.75, 3.05) is 4.90 Å². The number of benzene rings is 3. The first-order valence-electron chi connectivity index (χ1n) is 9.97. The molecule has 4 rings (SSSR count). The molecule has 166 valence electrons. The Hall–Kier alpha value is -3.97. The van der Waals surface area contributed by atoms with Crippen molar-refractivity contribution >= 4 is 41.2 Å². The number of amides is 4. The zero-order valence-corrected chi connectivity index (χ0v) is 18.2. The minimum Gasteiger partial charge on any atom is -0.489 e. The van der Waals surface area contributed by atoms with Gasteiger partial charge >= 0.3 is 6.03 Å². The van der Waals surface area contributed by atoms with Crippen LogP contribution in [0.3, 0.4) is 0 Å². The maximum atomic E-state index is 13.0. The summed E-state index contributed by atoms with van der Waals surface area (Å²) in [6, 6.07) is 16.7. The summed E-state index contributed by atoms with van der Waals surface area (Å²) in [7, 11) is 0. The predicted octanol–water partition coefficient (Wildman–Crippen LogP) is 5.03. The Bertz CT molecular complexity index is 1270. The SMILES string of the molecule is Cc1c(Cl)cccc1N1C(=O)NC(=O)/C(=C\c2ccc(OCc3ccc(F)cc3)cc2)C1=O. The molecule has 0 spiro atoms. The monoisotopic (exact) mass is 464 g/mol. The third kappa shape index (κ3) is 4.78. The van der Waals surface area contributed by atoms with Crippen molar-refractivity contribution in [1.82, 2.24) is 5.32 Å². The van der Waals surface area contributed by atoms with Crippen LogP contribution in [0.25, 0.3) is 6.08 Å². The number of nitrogens with zero attached hydrogens (tertiary/aromatic N) is 1. The Morgan fingerprint density at radius 3 is 2.39 bits per heavy atom. The summed E-state index contributed by atoms with van der Waals surface area (Å²) in [5, 5.41) is 2.59. The third-order valence-electron chi connectivity index (χ3n) is 5.09. The van der Waals surface area contributed by atoms with Gasteiger partial charge in [0.15, 0.2) is 0 Å². The van der Waals surface area contributed by atoms with Crippen LogP contribution in [0.1, 0.15) is 16.7 Å². The van der Waals surface area contributed by atoms with E-state index in [4.69, 9.17) is 16.3 Å². The summed E-state index contributed by atoms with van der Waals surface area (Å²) in [5.41, 5.74) is 2.04. The lowest BCUT2D eigenvalue weighted by Crippen LogP contribution is -2.54. The maximum Gasteiger partial charge on any atom is 0.335 e. The minimum absolute atomic E-state index is 0.186. The van der Waals surface area contributed by atoms with Gasteiger partial charge in [0.1, 0.15) is 23.7 Å². The van der Waals surface area contributed by atoms with E-state index in [1.807, 2.05) is 0 Å². The number of urea groups is 1. The lowest BCUT2D eigenvalue weighted by molar-refractivity contribution is -0.122. The highest BCUT2D eigenvalue weighted by molar-refractivity contribution is 6.39. The summed E-state index contributed by atoms with van der Waals surface area (Å²) in [6.45, 7) is 1.94. The van der Waals surface area contributed by atoms with Gasteiger partial charge in [-0.15, -0.1) is 0 Å². The molecule has 6 nitrogen and oxygen atoms in total. The first-order valence-corrected chi connectivity index (χ1v) is 10.3. The Labute approximate surface area is 194 Å². The van der Waals surface area contributed by atoms with E-state index in [-0.39, 0.29) is 18.0 Å². The van der Waals surface area contributed by atoms with Crippen LogP contribution in [0.4, 0.5) is 14.9 Å². The Kier molecular flexibility index (Phi) is 6.24. The molecule has 1 saturated heterocycles. The third-order valence-corrected chi connectivity index (χ3v) is 5.50. The van der Waals surface area contributed by atoms with E-state index in [0.717, 1.165) is 10.5 Å². The number of imide groups is 2. The molecule has 0 atom stereocenters. The van der Waals surface area contributed by atoms with Gasteiger partial charge in [-0.05, 0) is 66.1 Å². The predicted molar refractivity (Wildman–Crippen MR) is 122 cm³/mol. The molecule has 0 radical (unpaired) electrons. The van der Waals surface area contributed by atoms with E-state index in [9.17, 15) is 18.8 Å². The zero-order valence-electron chi connectivity index (χ0n) is 17.5. The molecule has 3 aromatic carbocycles. The van der Waals surface area contributed by atoms with Crippen LogP contribution in [-0.2, 0) is 16.2 Å².